The number of anilines is 1. The van der Waals surface area contributed by atoms with Gasteiger partial charge in [-0.15, -0.1) is 0 Å². The molecule has 2 heterocycles. The predicted molar refractivity (Wildman–Crippen MR) is 73.0 cm³/mol. The maximum atomic E-state index is 6.10. The van der Waals surface area contributed by atoms with E-state index in [2.05, 4.69) is 15.0 Å². The smallest absolute Gasteiger partial charge is 0.224 e. The van der Waals surface area contributed by atoms with E-state index in [0.717, 1.165) is 12.1 Å². The zero-order valence-electron chi connectivity index (χ0n) is 9.85. The molecule has 0 fully saturated rings. The number of hydrogen-bond donors (Lipinski definition) is 0. The lowest BCUT2D eigenvalue weighted by molar-refractivity contribution is 0.809. The molecule has 6 heteroatoms. The molecule has 2 aromatic heterocycles. The average Bonchev–Trinajstić information content (AvgIpc) is 2.40. The normalized spacial score (nSPS) is 10.4. The van der Waals surface area contributed by atoms with Crippen LogP contribution in [0.1, 0.15) is 12.5 Å². The molecule has 4 nitrogen and oxygen atoms in total. The van der Waals surface area contributed by atoms with Crippen LogP contribution in [0.4, 0.5) is 5.82 Å². The standard InChI is InChI=1S/C12H12Cl2N4/c1-2-18(8-9-3-5-15-6-4-9)11-10(13)7-16-12(14)17-11/h3-7H,2,8H2,1H3. The van der Waals surface area contributed by atoms with Crippen LogP contribution in [0.15, 0.2) is 30.7 Å². The molecule has 0 aliphatic carbocycles. The largest absolute Gasteiger partial charge is 0.351 e. The molecular formula is C12H12Cl2N4. The third kappa shape index (κ3) is 3.09. The molecule has 0 unspecified atom stereocenters. The van der Waals surface area contributed by atoms with Gasteiger partial charge in [-0.25, -0.2) is 4.98 Å². The molecule has 0 bridgehead atoms. The summed E-state index contributed by atoms with van der Waals surface area (Å²) in [5, 5.41) is 0.692. The highest BCUT2D eigenvalue weighted by Crippen LogP contribution is 2.24. The van der Waals surface area contributed by atoms with Gasteiger partial charge in [0.25, 0.3) is 0 Å². The maximum absolute atomic E-state index is 6.10. The maximum Gasteiger partial charge on any atom is 0.224 e. The minimum Gasteiger partial charge on any atom is -0.351 e. The van der Waals surface area contributed by atoms with Gasteiger partial charge in [-0.3, -0.25) is 4.98 Å². The Morgan fingerprint density at radius 1 is 1.22 bits per heavy atom. The van der Waals surface area contributed by atoms with Crippen LogP contribution in [0.3, 0.4) is 0 Å². The molecule has 0 radical (unpaired) electrons. The van der Waals surface area contributed by atoms with Crippen molar-refractivity contribution in [1.29, 1.82) is 0 Å². The Kier molecular flexibility index (Phi) is 4.33. The Morgan fingerprint density at radius 3 is 2.61 bits per heavy atom. The molecule has 0 aromatic carbocycles. The number of halogens is 2. The second-order valence-corrected chi connectivity index (χ2v) is 4.43. The lowest BCUT2D eigenvalue weighted by Crippen LogP contribution is -2.23. The number of pyridine rings is 1. The minimum absolute atomic E-state index is 0.197. The van der Waals surface area contributed by atoms with E-state index in [1.807, 2.05) is 24.0 Å². The molecule has 0 saturated carbocycles. The van der Waals surface area contributed by atoms with Gasteiger partial charge in [0.2, 0.25) is 5.28 Å². The highest BCUT2D eigenvalue weighted by molar-refractivity contribution is 6.33. The molecule has 0 amide bonds. The zero-order chi connectivity index (χ0) is 13.0. The molecular weight excluding hydrogens is 271 g/mol. The first-order chi connectivity index (χ1) is 8.70. The Hall–Kier alpha value is -1.39. The second-order valence-electron chi connectivity index (χ2n) is 3.68. The molecule has 0 spiro atoms. The molecule has 94 valence electrons. The summed E-state index contributed by atoms with van der Waals surface area (Å²) in [6.07, 6.45) is 5.04. The van der Waals surface area contributed by atoms with E-state index in [9.17, 15) is 0 Å². The van der Waals surface area contributed by atoms with Gasteiger partial charge in [-0.2, -0.15) is 4.98 Å². The summed E-state index contributed by atoms with van der Waals surface area (Å²) in [6.45, 7) is 3.51. The van der Waals surface area contributed by atoms with Crippen LogP contribution in [-0.4, -0.2) is 21.5 Å². The molecule has 2 rings (SSSR count). The van der Waals surface area contributed by atoms with Crippen molar-refractivity contribution >= 4 is 29.0 Å². The van der Waals surface area contributed by atoms with Crippen LogP contribution in [0.25, 0.3) is 0 Å². The van der Waals surface area contributed by atoms with Crippen molar-refractivity contribution in [3.8, 4) is 0 Å². The van der Waals surface area contributed by atoms with Gasteiger partial charge in [-0.05, 0) is 36.2 Å². The summed E-state index contributed by atoms with van der Waals surface area (Å²) in [6, 6.07) is 3.92. The quantitative estimate of drug-likeness (QED) is 0.808. The van der Waals surface area contributed by atoms with E-state index >= 15 is 0 Å². The highest BCUT2D eigenvalue weighted by atomic mass is 35.5. The van der Waals surface area contributed by atoms with Crippen LogP contribution >= 0.6 is 23.2 Å². The molecule has 0 N–H and O–H groups in total. The Bertz CT molecular complexity index is 519. The fourth-order valence-corrected chi connectivity index (χ4v) is 1.94. The second kappa shape index (κ2) is 5.98. The van der Waals surface area contributed by atoms with Gasteiger partial charge in [0.05, 0.1) is 6.20 Å². The van der Waals surface area contributed by atoms with E-state index in [0.29, 0.717) is 17.4 Å². The predicted octanol–water partition coefficient (Wildman–Crippen LogP) is 3.20. The van der Waals surface area contributed by atoms with Crippen LogP contribution in [0.5, 0.6) is 0 Å². The van der Waals surface area contributed by atoms with Crippen molar-refractivity contribution in [3.05, 3.63) is 46.6 Å². The monoisotopic (exact) mass is 282 g/mol. The molecule has 18 heavy (non-hydrogen) atoms. The van der Waals surface area contributed by atoms with Crippen LogP contribution < -0.4 is 4.90 Å². The first-order valence-electron chi connectivity index (χ1n) is 5.52. The van der Waals surface area contributed by atoms with Crippen LogP contribution in [0.2, 0.25) is 10.3 Å². The van der Waals surface area contributed by atoms with Crippen molar-refractivity contribution < 1.29 is 0 Å². The number of nitrogens with zero attached hydrogens (tertiary/aromatic N) is 4. The van der Waals surface area contributed by atoms with E-state index in [4.69, 9.17) is 23.2 Å². The summed E-state index contributed by atoms with van der Waals surface area (Å²) < 4.78 is 0. The molecule has 0 aliphatic rings. The number of aromatic nitrogens is 3. The van der Waals surface area contributed by atoms with Crippen molar-refractivity contribution in [2.75, 3.05) is 11.4 Å². The molecule has 2 aromatic rings. The fraction of sp³-hybridized carbons (Fsp3) is 0.250. The summed E-state index contributed by atoms with van der Waals surface area (Å²) in [5.74, 6) is 0.649. The van der Waals surface area contributed by atoms with Gasteiger partial charge in [0, 0.05) is 25.5 Å². The first-order valence-corrected chi connectivity index (χ1v) is 6.28. The van der Waals surface area contributed by atoms with E-state index in [1.54, 1.807) is 12.4 Å². The summed E-state index contributed by atoms with van der Waals surface area (Å²) in [7, 11) is 0. The lowest BCUT2D eigenvalue weighted by Gasteiger charge is -2.22. The fourth-order valence-electron chi connectivity index (χ4n) is 1.60. The van der Waals surface area contributed by atoms with Gasteiger partial charge < -0.3 is 4.90 Å². The van der Waals surface area contributed by atoms with Crippen molar-refractivity contribution in [3.63, 3.8) is 0 Å². The summed E-state index contributed by atoms with van der Waals surface area (Å²) >= 11 is 11.9. The number of hydrogen-bond acceptors (Lipinski definition) is 4. The molecule has 0 saturated heterocycles. The number of rotatable bonds is 4. The van der Waals surface area contributed by atoms with Crippen molar-refractivity contribution in [2.24, 2.45) is 0 Å². The Morgan fingerprint density at radius 2 is 1.94 bits per heavy atom. The third-order valence-corrected chi connectivity index (χ3v) is 2.95. The van der Waals surface area contributed by atoms with Crippen molar-refractivity contribution in [1.82, 2.24) is 15.0 Å². The van der Waals surface area contributed by atoms with E-state index < -0.39 is 0 Å². The van der Waals surface area contributed by atoms with Crippen LogP contribution in [-0.2, 0) is 6.54 Å². The van der Waals surface area contributed by atoms with E-state index in [-0.39, 0.29) is 5.28 Å². The molecule has 0 aliphatic heterocycles. The first kappa shape index (κ1) is 13.1. The van der Waals surface area contributed by atoms with Gasteiger partial charge in [0.15, 0.2) is 5.82 Å². The summed E-state index contributed by atoms with van der Waals surface area (Å²) in [5.41, 5.74) is 1.14. The van der Waals surface area contributed by atoms with Gasteiger partial charge >= 0.3 is 0 Å². The third-order valence-electron chi connectivity index (χ3n) is 2.50. The SMILES string of the molecule is CCN(Cc1ccncc1)c1nc(Cl)ncc1Cl. The lowest BCUT2D eigenvalue weighted by atomic mass is 10.2. The Balaban J connectivity index is 2.26. The van der Waals surface area contributed by atoms with Crippen LogP contribution in [0, 0.1) is 0 Å². The van der Waals surface area contributed by atoms with E-state index in [1.165, 1.54) is 6.20 Å². The average molecular weight is 283 g/mol. The topological polar surface area (TPSA) is 41.9 Å². The minimum atomic E-state index is 0.197. The van der Waals surface area contributed by atoms with Gasteiger partial charge in [0.1, 0.15) is 5.02 Å². The molecule has 0 atom stereocenters. The Labute approximate surface area is 116 Å². The summed E-state index contributed by atoms with van der Waals surface area (Å²) in [4.78, 5) is 14.0. The van der Waals surface area contributed by atoms with Gasteiger partial charge in [-0.1, -0.05) is 11.6 Å². The van der Waals surface area contributed by atoms with Crippen molar-refractivity contribution in [2.45, 2.75) is 13.5 Å². The highest BCUT2D eigenvalue weighted by Gasteiger charge is 2.12. The zero-order valence-corrected chi connectivity index (χ0v) is 11.4.